The number of ether oxygens (including phenoxy) is 1. The van der Waals surface area contributed by atoms with Crippen LogP contribution >= 0.6 is 15.9 Å². The number of nitriles is 1. The molecule has 0 aromatic heterocycles. The van der Waals surface area contributed by atoms with Crippen LogP contribution in [0.3, 0.4) is 0 Å². The van der Waals surface area contributed by atoms with Gasteiger partial charge in [0.25, 0.3) is 0 Å². The van der Waals surface area contributed by atoms with Crippen LogP contribution in [0.1, 0.15) is 18.5 Å². The molecule has 4 nitrogen and oxygen atoms in total. The molecule has 21 heavy (non-hydrogen) atoms. The second-order valence-electron chi connectivity index (χ2n) is 4.37. The highest BCUT2D eigenvalue weighted by Gasteiger charge is 2.13. The molecule has 2 aromatic carbocycles. The summed E-state index contributed by atoms with van der Waals surface area (Å²) >= 11 is 3.37. The molecule has 0 aliphatic heterocycles. The summed E-state index contributed by atoms with van der Waals surface area (Å²) in [6.07, 6.45) is 0. The van der Waals surface area contributed by atoms with Crippen molar-refractivity contribution in [2.75, 3.05) is 11.9 Å². The van der Waals surface area contributed by atoms with Crippen molar-refractivity contribution in [1.82, 2.24) is 0 Å². The number of anilines is 1. The maximum Gasteiger partial charge on any atom is 0.161 e. The summed E-state index contributed by atoms with van der Waals surface area (Å²) in [6.45, 7) is 2.29. The Balaban J connectivity index is 2.23. The van der Waals surface area contributed by atoms with Crippen LogP contribution < -0.4 is 10.1 Å². The monoisotopic (exact) mass is 346 g/mol. The van der Waals surface area contributed by atoms with Crippen molar-refractivity contribution in [1.29, 1.82) is 5.26 Å². The fourth-order valence-corrected chi connectivity index (χ4v) is 2.15. The lowest BCUT2D eigenvalue weighted by Crippen LogP contribution is -2.08. The van der Waals surface area contributed by atoms with E-state index in [0.717, 1.165) is 15.7 Å². The zero-order valence-corrected chi connectivity index (χ0v) is 13.1. The van der Waals surface area contributed by atoms with Gasteiger partial charge < -0.3 is 15.2 Å². The topological polar surface area (TPSA) is 65.3 Å². The SMILES string of the molecule is CCOc1cc(C(C#N)Nc2ccc(Br)cc2)ccc1O. The van der Waals surface area contributed by atoms with Crippen LogP contribution in [0.15, 0.2) is 46.9 Å². The number of nitrogens with one attached hydrogen (secondary N) is 1. The molecular weight excluding hydrogens is 332 g/mol. The highest BCUT2D eigenvalue weighted by molar-refractivity contribution is 9.10. The molecule has 0 saturated heterocycles. The highest BCUT2D eigenvalue weighted by Crippen LogP contribution is 2.30. The Hall–Kier alpha value is -2.19. The second-order valence-corrected chi connectivity index (χ2v) is 5.29. The number of aromatic hydroxyl groups is 1. The van der Waals surface area contributed by atoms with Gasteiger partial charge in [-0.05, 0) is 48.9 Å². The van der Waals surface area contributed by atoms with E-state index in [1.165, 1.54) is 6.07 Å². The molecule has 0 aliphatic rings. The number of hydrogen-bond donors (Lipinski definition) is 2. The predicted molar refractivity (Wildman–Crippen MR) is 85.4 cm³/mol. The van der Waals surface area contributed by atoms with Crippen molar-refractivity contribution in [3.63, 3.8) is 0 Å². The summed E-state index contributed by atoms with van der Waals surface area (Å²) < 4.78 is 6.32. The second kappa shape index (κ2) is 7.00. The largest absolute Gasteiger partial charge is 0.504 e. The standard InChI is InChI=1S/C16H15BrN2O2/c1-2-21-16-9-11(3-8-15(16)20)14(10-18)19-13-6-4-12(17)5-7-13/h3-9,14,19-20H,2H2,1H3. The Bertz CT molecular complexity index is 650. The van der Waals surface area contributed by atoms with Gasteiger partial charge in [0.1, 0.15) is 6.04 Å². The zero-order valence-electron chi connectivity index (χ0n) is 11.5. The van der Waals surface area contributed by atoms with E-state index in [-0.39, 0.29) is 5.75 Å². The lowest BCUT2D eigenvalue weighted by Gasteiger charge is -2.15. The van der Waals surface area contributed by atoms with E-state index >= 15 is 0 Å². The third kappa shape index (κ3) is 3.89. The minimum atomic E-state index is -0.522. The molecule has 0 amide bonds. The molecule has 1 unspecified atom stereocenters. The van der Waals surface area contributed by atoms with Crippen molar-refractivity contribution >= 4 is 21.6 Å². The maximum atomic E-state index is 9.71. The normalized spacial score (nSPS) is 11.5. The molecule has 2 rings (SSSR count). The number of phenolic OH excluding ortho intramolecular Hbond substituents is 1. The smallest absolute Gasteiger partial charge is 0.161 e. The number of hydrogen-bond acceptors (Lipinski definition) is 4. The van der Waals surface area contributed by atoms with Crippen LogP contribution in [0, 0.1) is 11.3 Å². The van der Waals surface area contributed by atoms with Gasteiger partial charge in [-0.1, -0.05) is 22.0 Å². The summed E-state index contributed by atoms with van der Waals surface area (Å²) in [5.41, 5.74) is 1.58. The lowest BCUT2D eigenvalue weighted by molar-refractivity contribution is 0.317. The van der Waals surface area contributed by atoms with Crippen LogP contribution in [0.2, 0.25) is 0 Å². The summed E-state index contributed by atoms with van der Waals surface area (Å²) in [7, 11) is 0. The van der Waals surface area contributed by atoms with Gasteiger partial charge in [-0.3, -0.25) is 0 Å². The van der Waals surface area contributed by atoms with Crippen molar-refractivity contribution in [2.45, 2.75) is 13.0 Å². The van der Waals surface area contributed by atoms with E-state index in [1.807, 2.05) is 31.2 Å². The van der Waals surface area contributed by atoms with Crippen molar-refractivity contribution in [2.24, 2.45) is 0 Å². The Morgan fingerprint density at radius 3 is 2.62 bits per heavy atom. The van der Waals surface area contributed by atoms with Gasteiger partial charge in [0.05, 0.1) is 12.7 Å². The van der Waals surface area contributed by atoms with Crippen LogP contribution in [0.5, 0.6) is 11.5 Å². The fraction of sp³-hybridized carbons (Fsp3) is 0.188. The van der Waals surface area contributed by atoms with Gasteiger partial charge in [-0.2, -0.15) is 5.26 Å². The Morgan fingerprint density at radius 1 is 1.29 bits per heavy atom. The predicted octanol–water partition coefficient (Wildman–Crippen LogP) is 4.23. The van der Waals surface area contributed by atoms with Gasteiger partial charge in [0.15, 0.2) is 11.5 Å². The number of nitrogens with zero attached hydrogens (tertiary/aromatic N) is 1. The number of rotatable bonds is 5. The Morgan fingerprint density at radius 2 is 2.00 bits per heavy atom. The first-order valence-corrected chi connectivity index (χ1v) is 7.30. The summed E-state index contributed by atoms with van der Waals surface area (Å²) in [5.74, 6) is 0.453. The molecule has 0 heterocycles. The molecule has 0 fully saturated rings. The van der Waals surface area contributed by atoms with E-state index in [1.54, 1.807) is 12.1 Å². The van der Waals surface area contributed by atoms with Crippen LogP contribution in [-0.2, 0) is 0 Å². The molecule has 2 N–H and O–H groups in total. The third-order valence-electron chi connectivity index (χ3n) is 2.90. The number of benzene rings is 2. The zero-order chi connectivity index (χ0) is 15.2. The average molecular weight is 347 g/mol. The quantitative estimate of drug-likeness (QED) is 0.850. The minimum absolute atomic E-state index is 0.0703. The molecule has 5 heteroatoms. The van der Waals surface area contributed by atoms with Crippen molar-refractivity contribution in [3.05, 3.63) is 52.5 Å². The average Bonchev–Trinajstić information content (AvgIpc) is 2.49. The molecule has 0 radical (unpaired) electrons. The van der Waals surface area contributed by atoms with Crippen molar-refractivity contribution in [3.8, 4) is 17.6 Å². The Labute approximate surface area is 132 Å². The van der Waals surface area contributed by atoms with Crippen molar-refractivity contribution < 1.29 is 9.84 Å². The van der Waals surface area contributed by atoms with Crippen LogP contribution in [0.4, 0.5) is 5.69 Å². The first-order valence-electron chi connectivity index (χ1n) is 6.51. The molecule has 108 valence electrons. The number of halogens is 1. The van der Waals surface area contributed by atoms with Crippen LogP contribution in [0.25, 0.3) is 0 Å². The molecule has 0 aliphatic carbocycles. The molecule has 2 aromatic rings. The van der Waals surface area contributed by atoms with Gasteiger partial charge in [0.2, 0.25) is 0 Å². The van der Waals surface area contributed by atoms with Gasteiger partial charge >= 0.3 is 0 Å². The van der Waals surface area contributed by atoms with E-state index in [9.17, 15) is 10.4 Å². The van der Waals surface area contributed by atoms with Crippen LogP contribution in [-0.4, -0.2) is 11.7 Å². The van der Waals surface area contributed by atoms with Gasteiger partial charge in [0, 0.05) is 10.2 Å². The van der Waals surface area contributed by atoms with Gasteiger partial charge in [-0.15, -0.1) is 0 Å². The molecule has 1 atom stereocenters. The molecule has 0 bridgehead atoms. The minimum Gasteiger partial charge on any atom is -0.504 e. The van der Waals surface area contributed by atoms with E-state index in [0.29, 0.717) is 12.4 Å². The maximum absolute atomic E-state index is 9.71. The third-order valence-corrected chi connectivity index (χ3v) is 3.43. The first kappa shape index (κ1) is 15.2. The summed E-state index contributed by atoms with van der Waals surface area (Å²) in [4.78, 5) is 0. The van der Waals surface area contributed by atoms with E-state index in [2.05, 4.69) is 27.3 Å². The highest BCUT2D eigenvalue weighted by atomic mass is 79.9. The lowest BCUT2D eigenvalue weighted by atomic mass is 10.1. The first-order chi connectivity index (χ1) is 10.1. The van der Waals surface area contributed by atoms with E-state index < -0.39 is 6.04 Å². The fourth-order valence-electron chi connectivity index (χ4n) is 1.88. The molecule has 0 spiro atoms. The van der Waals surface area contributed by atoms with Gasteiger partial charge in [-0.25, -0.2) is 0 Å². The molecule has 0 saturated carbocycles. The van der Waals surface area contributed by atoms with E-state index in [4.69, 9.17) is 4.74 Å². The summed E-state index contributed by atoms with van der Waals surface area (Å²) in [6, 6.07) is 14.2. The molecular formula is C16H15BrN2O2. The Kier molecular flexibility index (Phi) is 5.07. The summed E-state index contributed by atoms with van der Waals surface area (Å²) in [5, 5.41) is 22.2. The number of phenols is 1.